The fourth-order valence-electron chi connectivity index (χ4n) is 4.45. The molecule has 1 fully saturated rings. The van der Waals surface area contributed by atoms with Crippen molar-refractivity contribution in [2.24, 2.45) is 5.92 Å². The number of halogens is 1. The maximum atomic E-state index is 14.0. The summed E-state index contributed by atoms with van der Waals surface area (Å²) in [6, 6.07) is 6.61. The summed E-state index contributed by atoms with van der Waals surface area (Å²) in [5.41, 5.74) is 0.713. The van der Waals surface area contributed by atoms with Crippen molar-refractivity contribution in [2.75, 3.05) is 31.0 Å². The molecule has 182 valence electrons. The summed E-state index contributed by atoms with van der Waals surface area (Å²) >= 11 is 0. The maximum Gasteiger partial charge on any atom is 0.341 e. The number of carboxylic acids is 1. The molecule has 0 unspecified atom stereocenters. The highest BCUT2D eigenvalue weighted by Gasteiger charge is 2.45. The lowest BCUT2D eigenvalue weighted by Gasteiger charge is -2.21. The number of benzene rings is 2. The van der Waals surface area contributed by atoms with E-state index in [4.69, 9.17) is 4.74 Å². The van der Waals surface area contributed by atoms with E-state index in [1.165, 1.54) is 12.1 Å². The van der Waals surface area contributed by atoms with Gasteiger partial charge in [0.25, 0.3) is 10.0 Å². The SMILES string of the molecule is CCN(CC)CCC=Cc1cc(F)ccc1S(=O)(=O)Nc1ccc2c(c1C(=O)O)OC[C@H]1C[C@@H]21. The molecule has 1 aliphatic carbocycles. The molecule has 2 atom stereocenters. The van der Waals surface area contributed by atoms with E-state index in [2.05, 4.69) is 23.5 Å². The summed E-state index contributed by atoms with van der Waals surface area (Å²) in [4.78, 5) is 14.1. The van der Waals surface area contributed by atoms with Crippen molar-refractivity contribution in [2.45, 2.75) is 37.5 Å². The minimum atomic E-state index is -4.21. The van der Waals surface area contributed by atoms with E-state index in [1.807, 2.05) is 6.08 Å². The van der Waals surface area contributed by atoms with Crippen LogP contribution in [-0.4, -0.2) is 50.6 Å². The fourth-order valence-corrected chi connectivity index (χ4v) is 5.70. The summed E-state index contributed by atoms with van der Waals surface area (Å²) in [7, 11) is -4.21. The topological polar surface area (TPSA) is 95.9 Å². The van der Waals surface area contributed by atoms with E-state index in [1.54, 1.807) is 12.1 Å². The molecule has 0 radical (unpaired) electrons. The Morgan fingerprint density at radius 2 is 2.03 bits per heavy atom. The minimum absolute atomic E-state index is 0.0777. The van der Waals surface area contributed by atoms with Gasteiger partial charge in [-0.3, -0.25) is 4.72 Å². The summed E-state index contributed by atoms with van der Waals surface area (Å²) in [6.07, 6.45) is 5.02. The molecule has 7 nitrogen and oxygen atoms in total. The van der Waals surface area contributed by atoms with E-state index in [9.17, 15) is 22.7 Å². The molecule has 0 spiro atoms. The highest BCUT2D eigenvalue weighted by Crippen LogP contribution is 2.55. The molecule has 1 heterocycles. The maximum absolute atomic E-state index is 14.0. The van der Waals surface area contributed by atoms with E-state index >= 15 is 0 Å². The largest absolute Gasteiger partial charge is 0.492 e. The summed E-state index contributed by atoms with van der Waals surface area (Å²) in [5.74, 6) is -0.953. The predicted molar refractivity (Wildman–Crippen MR) is 128 cm³/mol. The Morgan fingerprint density at radius 3 is 2.74 bits per heavy atom. The lowest BCUT2D eigenvalue weighted by molar-refractivity contribution is 0.0692. The molecule has 2 aromatic rings. The quantitative estimate of drug-likeness (QED) is 0.509. The fraction of sp³-hybridized carbons (Fsp3) is 0.400. The van der Waals surface area contributed by atoms with Gasteiger partial charge in [0.05, 0.1) is 17.2 Å². The third kappa shape index (κ3) is 4.95. The zero-order valence-corrected chi connectivity index (χ0v) is 20.1. The number of carbonyl (C=O) groups is 1. The van der Waals surface area contributed by atoms with Gasteiger partial charge in [-0.05, 0) is 67.2 Å². The van der Waals surface area contributed by atoms with Crippen LogP contribution in [0.5, 0.6) is 5.75 Å². The molecule has 2 N–H and O–H groups in total. The lowest BCUT2D eigenvalue weighted by atomic mass is 10.0. The van der Waals surface area contributed by atoms with E-state index in [-0.39, 0.29) is 33.4 Å². The number of hydrogen-bond donors (Lipinski definition) is 2. The standard InChI is InChI=1S/C25H29FN2O5S/c1-3-28(4-2)12-6-5-7-16-13-18(26)8-11-22(16)34(31,32)27-21-10-9-19-20-14-17(20)15-33-24(19)23(21)25(29)30/h5,7-11,13,17,20,27H,3-4,6,12,14-15H2,1-2H3,(H,29,30)/t17-,20-/m1/s1. The normalized spacial score (nSPS) is 18.9. The van der Waals surface area contributed by atoms with Crippen LogP contribution < -0.4 is 9.46 Å². The first-order valence-corrected chi connectivity index (χ1v) is 13.0. The Balaban J connectivity index is 1.63. The van der Waals surface area contributed by atoms with Crippen LogP contribution in [0.2, 0.25) is 0 Å². The van der Waals surface area contributed by atoms with Gasteiger partial charge in [0.2, 0.25) is 0 Å². The average Bonchev–Trinajstić information content (AvgIpc) is 3.58. The number of ether oxygens (including phenoxy) is 1. The number of nitrogens with zero attached hydrogens (tertiary/aromatic N) is 1. The van der Waals surface area contributed by atoms with E-state index in [0.29, 0.717) is 18.9 Å². The molecule has 2 aromatic carbocycles. The van der Waals surface area contributed by atoms with Crippen molar-refractivity contribution in [3.8, 4) is 5.75 Å². The molecule has 1 saturated carbocycles. The summed E-state index contributed by atoms with van der Waals surface area (Å²) in [5, 5.41) is 9.83. The van der Waals surface area contributed by atoms with Crippen LogP contribution in [0.1, 0.15) is 54.1 Å². The number of nitrogens with one attached hydrogen (secondary N) is 1. The third-order valence-corrected chi connectivity index (χ3v) is 7.91. The lowest BCUT2D eigenvalue weighted by Crippen LogP contribution is -2.23. The van der Waals surface area contributed by atoms with Crippen molar-refractivity contribution in [1.82, 2.24) is 4.90 Å². The van der Waals surface area contributed by atoms with Crippen LogP contribution in [0.3, 0.4) is 0 Å². The number of aromatic carboxylic acids is 1. The minimum Gasteiger partial charge on any atom is -0.492 e. The van der Waals surface area contributed by atoms with Crippen molar-refractivity contribution in [3.05, 3.63) is 58.9 Å². The molecule has 4 rings (SSSR count). The second-order valence-electron chi connectivity index (χ2n) is 8.63. The molecule has 0 bridgehead atoms. The molecular weight excluding hydrogens is 459 g/mol. The average molecular weight is 489 g/mol. The van der Waals surface area contributed by atoms with Gasteiger partial charge in [0.15, 0.2) is 0 Å². The van der Waals surface area contributed by atoms with Gasteiger partial charge in [0.1, 0.15) is 17.1 Å². The van der Waals surface area contributed by atoms with Gasteiger partial charge in [-0.25, -0.2) is 17.6 Å². The first-order valence-electron chi connectivity index (χ1n) is 11.5. The summed E-state index contributed by atoms with van der Waals surface area (Å²) < 4.78 is 48.6. The van der Waals surface area contributed by atoms with Crippen molar-refractivity contribution < 1.29 is 27.4 Å². The van der Waals surface area contributed by atoms with Gasteiger partial charge < -0.3 is 14.7 Å². The number of hydrogen-bond acceptors (Lipinski definition) is 5. The first kappa shape index (κ1) is 24.2. The zero-order chi connectivity index (χ0) is 24.5. The van der Waals surface area contributed by atoms with Gasteiger partial charge in [0, 0.05) is 12.5 Å². The monoisotopic (exact) mass is 488 g/mol. The molecule has 1 aliphatic heterocycles. The smallest absolute Gasteiger partial charge is 0.341 e. The third-order valence-electron chi connectivity index (χ3n) is 6.48. The van der Waals surface area contributed by atoms with Crippen LogP contribution in [0.4, 0.5) is 10.1 Å². The molecule has 0 aromatic heterocycles. The van der Waals surface area contributed by atoms with Gasteiger partial charge >= 0.3 is 5.97 Å². The first-order chi connectivity index (χ1) is 16.2. The summed E-state index contributed by atoms with van der Waals surface area (Å²) in [6.45, 7) is 7.18. The number of carboxylic acid groups (broad SMARTS) is 1. The highest BCUT2D eigenvalue weighted by atomic mass is 32.2. The number of sulfonamides is 1. The Bertz CT molecular complexity index is 1220. The van der Waals surface area contributed by atoms with Crippen molar-refractivity contribution in [1.29, 1.82) is 0 Å². The zero-order valence-electron chi connectivity index (χ0n) is 19.3. The van der Waals surface area contributed by atoms with Crippen LogP contribution in [0, 0.1) is 11.7 Å². The number of fused-ring (bicyclic) bond motifs is 3. The van der Waals surface area contributed by atoms with Crippen LogP contribution in [0.25, 0.3) is 6.08 Å². The Labute approximate surface area is 199 Å². The van der Waals surface area contributed by atoms with Crippen LogP contribution in [0.15, 0.2) is 41.3 Å². The van der Waals surface area contributed by atoms with Crippen molar-refractivity contribution >= 4 is 27.8 Å². The van der Waals surface area contributed by atoms with Gasteiger partial charge in [-0.15, -0.1) is 0 Å². The van der Waals surface area contributed by atoms with Gasteiger partial charge in [-0.2, -0.15) is 0 Å². The molecular formula is C25H29FN2O5S. The van der Waals surface area contributed by atoms with E-state index in [0.717, 1.165) is 43.8 Å². The molecule has 34 heavy (non-hydrogen) atoms. The molecule has 2 aliphatic rings. The van der Waals surface area contributed by atoms with Crippen LogP contribution in [-0.2, 0) is 10.0 Å². The molecule has 0 amide bonds. The molecule has 0 saturated heterocycles. The van der Waals surface area contributed by atoms with Crippen molar-refractivity contribution in [3.63, 3.8) is 0 Å². The Morgan fingerprint density at radius 1 is 1.26 bits per heavy atom. The predicted octanol–water partition coefficient (Wildman–Crippen LogP) is 4.57. The number of rotatable bonds is 10. The molecule has 9 heteroatoms. The Kier molecular flexibility index (Phi) is 6.95. The second-order valence-corrected chi connectivity index (χ2v) is 10.3. The van der Waals surface area contributed by atoms with Gasteiger partial charge in [-0.1, -0.05) is 32.1 Å². The highest BCUT2D eigenvalue weighted by molar-refractivity contribution is 7.92. The Hall–Kier alpha value is -2.91. The number of anilines is 1. The van der Waals surface area contributed by atoms with Crippen LogP contribution >= 0.6 is 0 Å². The van der Waals surface area contributed by atoms with E-state index < -0.39 is 21.8 Å². The second kappa shape index (κ2) is 9.76.